The summed E-state index contributed by atoms with van der Waals surface area (Å²) in [6, 6.07) is 3.31. The summed E-state index contributed by atoms with van der Waals surface area (Å²) in [6.07, 6.45) is 5.22. The molecular formula is C15H17ClN4OS. The normalized spacial score (nSPS) is 19.2. The molecule has 0 saturated carbocycles. The molecule has 1 saturated heterocycles. The Balaban J connectivity index is 1.67. The fourth-order valence-electron chi connectivity index (χ4n) is 2.65. The van der Waals surface area contributed by atoms with Crippen molar-refractivity contribution in [1.82, 2.24) is 15.3 Å². The van der Waals surface area contributed by atoms with Crippen molar-refractivity contribution in [2.75, 3.05) is 11.4 Å². The van der Waals surface area contributed by atoms with Crippen LogP contribution in [0.2, 0.25) is 5.02 Å². The van der Waals surface area contributed by atoms with Gasteiger partial charge in [-0.2, -0.15) is 0 Å². The van der Waals surface area contributed by atoms with Gasteiger partial charge >= 0.3 is 0 Å². The van der Waals surface area contributed by atoms with Crippen LogP contribution in [0, 0.1) is 0 Å². The highest BCUT2D eigenvalue weighted by atomic mass is 35.5. The molecule has 1 aliphatic rings. The van der Waals surface area contributed by atoms with E-state index in [1.54, 1.807) is 29.8 Å². The Morgan fingerprint density at radius 2 is 2.36 bits per heavy atom. The zero-order valence-electron chi connectivity index (χ0n) is 12.2. The van der Waals surface area contributed by atoms with E-state index in [4.69, 9.17) is 11.6 Å². The number of carbonyl (C=O) groups excluding carboxylic acids is 1. The minimum Gasteiger partial charge on any atom is -0.346 e. The number of hydrogen-bond donors (Lipinski definition) is 1. The van der Waals surface area contributed by atoms with Crippen molar-refractivity contribution in [2.24, 2.45) is 0 Å². The van der Waals surface area contributed by atoms with Gasteiger partial charge in [-0.25, -0.2) is 4.98 Å². The topological polar surface area (TPSA) is 58.1 Å². The molecule has 0 radical (unpaired) electrons. The van der Waals surface area contributed by atoms with E-state index in [-0.39, 0.29) is 18.0 Å². The maximum atomic E-state index is 12.6. The molecule has 116 valence electrons. The molecular weight excluding hydrogens is 320 g/mol. The fraction of sp³-hybridized carbons (Fsp3) is 0.400. The van der Waals surface area contributed by atoms with Crippen LogP contribution < -0.4 is 10.2 Å². The highest BCUT2D eigenvalue weighted by molar-refractivity contribution is 7.13. The fourth-order valence-corrected chi connectivity index (χ4v) is 3.48. The first-order valence-electron chi connectivity index (χ1n) is 7.23. The lowest BCUT2D eigenvalue weighted by Crippen LogP contribution is -2.44. The van der Waals surface area contributed by atoms with Gasteiger partial charge in [0.05, 0.1) is 16.8 Å². The van der Waals surface area contributed by atoms with Crippen molar-refractivity contribution >= 4 is 34.0 Å². The molecule has 2 atom stereocenters. The monoisotopic (exact) mass is 336 g/mol. The van der Waals surface area contributed by atoms with E-state index in [1.165, 1.54) is 0 Å². The van der Waals surface area contributed by atoms with Crippen LogP contribution in [0.25, 0.3) is 0 Å². The smallest absolute Gasteiger partial charge is 0.243 e. The van der Waals surface area contributed by atoms with Gasteiger partial charge in [-0.15, -0.1) is 11.3 Å². The van der Waals surface area contributed by atoms with Crippen LogP contribution in [-0.2, 0) is 4.79 Å². The van der Waals surface area contributed by atoms with Crippen molar-refractivity contribution in [2.45, 2.75) is 31.8 Å². The van der Waals surface area contributed by atoms with Crippen LogP contribution >= 0.6 is 22.9 Å². The van der Waals surface area contributed by atoms with Gasteiger partial charge in [0, 0.05) is 24.3 Å². The van der Waals surface area contributed by atoms with Gasteiger partial charge in [0.1, 0.15) is 6.04 Å². The molecule has 3 rings (SSSR count). The molecule has 0 spiro atoms. The third-order valence-corrected chi connectivity index (χ3v) is 4.81. The lowest BCUT2D eigenvalue weighted by molar-refractivity contribution is -0.122. The molecule has 0 bridgehead atoms. The minimum atomic E-state index is -0.152. The maximum Gasteiger partial charge on any atom is 0.243 e. The molecule has 22 heavy (non-hydrogen) atoms. The molecule has 0 unspecified atom stereocenters. The zero-order valence-corrected chi connectivity index (χ0v) is 13.8. The summed E-state index contributed by atoms with van der Waals surface area (Å²) in [5.74, 6) is 0.0250. The van der Waals surface area contributed by atoms with E-state index in [0.717, 1.165) is 30.2 Å². The number of nitrogens with zero attached hydrogens (tertiary/aromatic N) is 3. The van der Waals surface area contributed by atoms with E-state index < -0.39 is 0 Å². The summed E-state index contributed by atoms with van der Waals surface area (Å²) in [5.41, 5.74) is 0.802. The Morgan fingerprint density at radius 1 is 1.50 bits per heavy atom. The number of thiazole rings is 1. The van der Waals surface area contributed by atoms with Gasteiger partial charge in [-0.1, -0.05) is 11.6 Å². The van der Waals surface area contributed by atoms with Crippen LogP contribution in [0.4, 0.5) is 5.13 Å². The molecule has 0 aliphatic carbocycles. The predicted octanol–water partition coefficient (Wildman–Crippen LogP) is 3.04. The number of aromatic nitrogens is 2. The molecule has 0 aromatic carbocycles. The summed E-state index contributed by atoms with van der Waals surface area (Å²) in [7, 11) is 0. The van der Waals surface area contributed by atoms with Gasteiger partial charge in [0.25, 0.3) is 0 Å². The van der Waals surface area contributed by atoms with Crippen molar-refractivity contribution in [3.05, 3.63) is 40.6 Å². The van der Waals surface area contributed by atoms with Crippen LogP contribution in [-0.4, -0.2) is 28.5 Å². The van der Waals surface area contributed by atoms with E-state index >= 15 is 0 Å². The van der Waals surface area contributed by atoms with Crippen molar-refractivity contribution in [3.8, 4) is 0 Å². The number of hydrogen-bond acceptors (Lipinski definition) is 5. The maximum absolute atomic E-state index is 12.6. The third kappa shape index (κ3) is 3.23. The average Bonchev–Trinajstić information content (AvgIpc) is 3.18. The molecule has 1 amide bonds. The molecule has 1 aliphatic heterocycles. The Kier molecular flexibility index (Phi) is 4.59. The largest absolute Gasteiger partial charge is 0.346 e. The number of rotatable bonds is 4. The first kappa shape index (κ1) is 15.2. The first-order valence-corrected chi connectivity index (χ1v) is 8.49. The molecule has 3 heterocycles. The minimum absolute atomic E-state index is 0.0250. The van der Waals surface area contributed by atoms with E-state index in [0.29, 0.717) is 5.02 Å². The predicted molar refractivity (Wildman–Crippen MR) is 88.3 cm³/mol. The Morgan fingerprint density at radius 3 is 3.05 bits per heavy atom. The molecule has 1 fully saturated rings. The molecule has 2 aromatic heterocycles. The van der Waals surface area contributed by atoms with Crippen molar-refractivity contribution in [3.63, 3.8) is 0 Å². The van der Waals surface area contributed by atoms with Crippen LogP contribution in [0.1, 0.15) is 31.5 Å². The van der Waals surface area contributed by atoms with E-state index in [9.17, 15) is 4.79 Å². The Hall–Kier alpha value is -1.66. The number of anilines is 1. The second-order valence-corrected chi connectivity index (χ2v) is 6.61. The quantitative estimate of drug-likeness (QED) is 0.932. The van der Waals surface area contributed by atoms with E-state index in [2.05, 4.69) is 20.2 Å². The Labute approximate surface area is 138 Å². The molecule has 7 heteroatoms. The lowest BCUT2D eigenvalue weighted by atomic mass is 10.1. The second kappa shape index (κ2) is 6.62. The summed E-state index contributed by atoms with van der Waals surface area (Å²) in [5, 5.41) is 6.48. The van der Waals surface area contributed by atoms with E-state index in [1.807, 2.05) is 18.4 Å². The van der Waals surface area contributed by atoms with Crippen LogP contribution in [0.15, 0.2) is 29.9 Å². The van der Waals surface area contributed by atoms with Gasteiger partial charge in [0.2, 0.25) is 5.91 Å². The summed E-state index contributed by atoms with van der Waals surface area (Å²) < 4.78 is 0. The first-order chi connectivity index (χ1) is 10.6. The Bertz CT molecular complexity index is 632. The number of amides is 1. The summed E-state index contributed by atoms with van der Waals surface area (Å²) in [6.45, 7) is 2.80. The molecule has 2 aromatic rings. The van der Waals surface area contributed by atoms with Gasteiger partial charge in [0.15, 0.2) is 5.13 Å². The van der Waals surface area contributed by atoms with Crippen molar-refractivity contribution < 1.29 is 4.79 Å². The highest BCUT2D eigenvalue weighted by Crippen LogP contribution is 2.27. The number of pyridine rings is 1. The average molecular weight is 337 g/mol. The zero-order chi connectivity index (χ0) is 15.5. The molecule has 1 N–H and O–H groups in total. The van der Waals surface area contributed by atoms with Gasteiger partial charge < -0.3 is 10.2 Å². The SMILES string of the molecule is C[C@H](NC(=O)[C@H]1CCCN1c1nccs1)c1ccc(Cl)cn1. The van der Waals surface area contributed by atoms with Crippen LogP contribution in [0.3, 0.4) is 0 Å². The van der Waals surface area contributed by atoms with Gasteiger partial charge in [-0.3, -0.25) is 9.78 Å². The summed E-state index contributed by atoms with van der Waals surface area (Å²) >= 11 is 7.41. The number of nitrogens with one attached hydrogen (secondary N) is 1. The third-order valence-electron chi connectivity index (χ3n) is 3.77. The molecule has 5 nitrogen and oxygen atoms in total. The standard InChI is InChI=1S/C15H17ClN4OS/c1-10(12-5-4-11(16)9-18-12)19-14(21)13-3-2-7-20(13)15-17-6-8-22-15/h4-6,8-10,13H,2-3,7H2,1H3,(H,19,21)/t10-,13+/m0/s1. The van der Waals surface area contributed by atoms with Crippen LogP contribution in [0.5, 0.6) is 0 Å². The summed E-state index contributed by atoms with van der Waals surface area (Å²) in [4.78, 5) is 23.2. The number of halogens is 1. The lowest BCUT2D eigenvalue weighted by Gasteiger charge is -2.24. The van der Waals surface area contributed by atoms with Crippen molar-refractivity contribution in [1.29, 1.82) is 0 Å². The second-order valence-electron chi connectivity index (χ2n) is 5.30. The number of carbonyl (C=O) groups is 1. The van der Waals surface area contributed by atoms with Gasteiger partial charge in [-0.05, 0) is 31.9 Å². The highest BCUT2D eigenvalue weighted by Gasteiger charge is 2.32.